The molecule has 1 aliphatic heterocycles. The Balaban J connectivity index is 2.55. The lowest BCUT2D eigenvalue weighted by Crippen LogP contribution is -2.61. The van der Waals surface area contributed by atoms with Crippen molar-refractivity contribution in [3.8, 4) is 0 Å². The molecular weight excluding hydrogens is 372 g/mol. The maximum atomic E-state index is 5.99. The summed E-state index contributed by atoms with van der Waals surface area (Å²) in [6, 6.07) is 0.939. The molecule has 1 rings (SSSR count). The lowest BCUT2D eigenvalue weighted by atomic mass is 10.0. The highest BCUT2D eigenvalue weighted by molar-refractivity contribution is 6.60. The van der Waals surface area contributed by atoms with Gasteiger partial charge in [0.2, 0.25) is 0 Å². The Kier molecular flexibility index (Phi) is 11.3. The quantitative estimate of drug-likeness (QED) is 0.357. The highest BCUT2D eigenvalue weighted by atomic mass is 28.4. The maximum Gasteiger partial charge on any atom is 0.500 e. The van der Waals surface area contributed by atoms with Crippen LogP contribution in [-0.2, 0) is 13.3 Å². The van der Waals surface area contributed by atoms with E-state index in [1.54, 1.807) is 0 Å². The third kappa shape index (κ3) is 8.24. The van der Waals surface area contributed by atoms with E-state index in [1.807, 2.05) is 20.8 Å². The lowest BCUT2D eigenvalue weighted by molar-refractivity contribution is 0.0450. The zero-order chi connectivity index (χ0) is 20.5. The topological polar surface area (TPSA) is 34.2 Å². The van der Waals surface area contributed by atoms with Crippen LogP contribution in [0.25, 0.3) is 0 Å². The van der Waals surface area contributed by atoms with E-state index in [0.717, 1.165) is 18.1 Å². The molecule has 1 atom stereocenters. The number of unbranched alkanes of at least 4 members (excludes halogenated alkanes) is 1. The number of hydrogen-bond donors (Lipinski definition) is 0. The molecule has 0 spiro atoms. The molecule has 0 saturated carbocycles. The van der Waals surface area contributed by atoms with Crippen molar-refractivity contribution in [2.75, 3.05) is 46.0 Å². The Morgan fingerprint density at radius 1 is 0.926 bits per heavy atom. The third-order valence-corrected chi connectivity index (χ3v) is 10.8. The zero-order valence-electron chi connectivity index (χ0n) is 19.3. The van der Waals surface area contributed by atoms with E-state index < -0.39 is 17.6 Å². The zero-order valence-corrected chi connectivity index (χ0v) is 21.5. The molecule has 5 nitrogen and oxygen atoms in total. The normalized spacial score (nSPS) is 20.6. The van der Waals surface area contributed by atoms with Gasteiger partial charge in [-0.2, -0.15) is 0 Å². The predicted octanol–water partition coefficient (Wildman–Crippen LogP) is 3.63. The third-order valence-electron chi connectivity index (χ3n) is 5.52. The molecule has 1 unspecified atom stereocenters. The van der Waals surface area contributed by atoms with Crippen molar-refractivity contribution in [3.63, 3.8) is 0 Å². The Labute approximate surface area is 171 Å². The van der Waals surface area contributed by atoms with Crippen molar-refractivity contribution >= 4 is 17.6 Å². The first-order chi connectivity index (χ1) is 12.7. The minimum atomic E-state index is -2.47. The molecule has 0 bridgehead atoms. The molecule has 1 heterocycles. The van der Waals surface area contributed by atoms with Crippen LogP contribution in [0.15, 0.2) is 0 Å². The van der Waals surface area contributed by atoms with Gasteiger partial charge in [0.1, 0.15) is 0 Å². The Morgan fingerprint density at radius 2 is 1.48 bits per heavy atom. The van der Waals surface area contributed by atoms with E-state index >= 15 is 0 Å². The van der Waals surface area contributed by atoms with Crippen molar-refractivity contribution < 1.29 is 13.3 Å². The fourth-order valence-corrected chi connectivity index (χ4v) is 8.53. The molecule has 1 saturated heterocycles. The lowest BCUT2D eigenvalue weighted by Gasteiger charge is -2.48. The second-order valence-corrected chi connectivity index (χ2v) is 14.9. The maximum absolute atomic E-state index is 5.99. The molecule has 7 heteroatoms. The van der Waals surface area contributed by atoms with E-state index in [0.29, 0.717) is 19.8 Å². The first-order valence-corrected chi connectivity index (χ1v) is 16.0. The van der Waals surface area contributed by atoms with Crippen LogP contribution in [-0.4, -0.2) is 84.6 Å². The van der Waals surface area contributed by atoms with Gasteiger partial charge in [-0.1, -0.05) is 13.1 Å². The fourth-order valence-electron chi connectivity index (χ4n) is 4.02. The molecule has 1 fully saturated rings. The Morgan fingerprint density at radius 3 is 1.93 bits per heavy atom. The summed E-state index contributed by atoms with van der Waals surface area (Å²) in [6.07, 6.45) is 2.33. The molecule has 0 aromatic rings. The van der Waals surface area contributed by atoms with Crippen LogP contribution in [0.1, 0.15) is 54.4 Å². The smallest absolute Gasteiger partial charge is 0.374 e. The molecule has 0 aliphatic carbocycles. The van der Waals surface area contributed by atoms with Gasteiger partial charge in [0.15, 0.2) is 0 Å². The Bertz CT molecular complexity index is 388. The van der Waals surface area contributed by atoms with Crippen LogP contribution in [0.3, 0.4) is 0 Å². The summed E-state index contributed by atoms with van der Waals surface area (Å²) in [5.74, 6) is 0. The van der Waals surface area contributed by atoms with Crippen LogP contribution in [0, 0.1) is 0 Å². The van der Waals surface area contributed by atoms with Crippen molar-refractivity contribution in [2.45, 2.75) is 84.7 Å². The number of rotatable bonds is 12. The average Bonchev–Trinajstić information content (AvgIpc) is 2.58. The fraction of sp³-hybridized carbons (Fsp3) is 1.00. The first kappa shape index (κ1) is 25.3. The van der Waals surface area contributed by atoms with E-state index in [2.05, 4.69) is 43.7 Å². The molecule has 0 aromatic heterocycles. The standard InChI is InChI=1S/C20H46N2O3Si2/c1-9-23-27(24-10-2,25-11-3)17-13-12-14-21-15-16-22(20(4,5)6)18-19(21)26(7)8/h19,26H,9-18H2,1-8H3. The molecule has 0 aromatic carbocycles. The van der Waals surface area contributed by atoms with Crippen LogP contribution < -0.4 is 0 Å². The van der Waals surface area contributed by atoms with E-state index in [9.17, 15) is 0 Å². The van der Waals surface area contributed by atoms with Crippen molar-refractivity contribution in [1.82, 2.24) is 9.80 Å². The molecular formula is C20H46N2O3Si2. The highest BCUT2D eigenvalue weighted by Crippen LogP contribution is 2.23. The molecule has 0 radical (unpaired) electrons. The van der Waals surface area contributed by atoms with Crippen LogP contribution in [0.2, 0.25) is 19.1 Å². The molecule has 162 valence electrons. The Hall–Kier alpha value is 0.234. The SMILES string of the molecule is CCO[Si](CCCCN1CCN(C(C)(C)C)CC1[SiH](C)C)(OCC)OCC. The monoisotopic (exact) mass is 418 g/mol. The van der Waals surface area contributed by atoms with Crippen molar-refractivity contribution in [3.05, 3.63) is 0 Å². The summed E-state index contributed by atoms with van der Waals surface area (Å²) in [7, 11) is -3.19. The van der Waals surface area contributed by atoms with E-state index in [-0.39, 0.29) is 5.54 Å². The van der Waals surface area contributed by atoms with Crippen LogP contribution >= 0.6 is 0 Å². The largest absolute Gasteiger partial charge is 0.500 e. The highest BCUT2D eigenvalue weighted by Gasteiger charge is 2.40. The summed E-state index contributed by atoms with van der Waals surface area (Å²) in [6.45, 7) is 25.0. The molecule has 0 N–H and O–H groups in total. The van der Waals surface area contributed by atoms with Gasteiger partial charge in [-0.15, -0.1) is 0 Å². The van der Waals surface area contributed by atoms with Gasteiger partial charge in [-0.3, -0.25) is 4.90 Å². The van der Waals surface area contributed by atoms with Gasteiger partial charge in [0.25, 0.3) is 0 Å². The van der Waals surface area contributed by atoms with Crippen molar-refractivity contribution in [2.24, 2.45) is 0 Å². The van der Waals surface area contributed by atoms with Gasteiger partial charge in [-0.25, -0.2) is 0 Å². The summed E-state index contributed by atoms with van der Waals surface area (Å²) >= 11 is 0. The van der Waals surface area contributed by atoms with E-state index in [1.165, 1.54) is 32.6 Å². The molecule has 27 heavy (non-hydrogen) atoms. The minimum Gasteiger partial charge on any atom is -0.374 e. The summed E-state index contributed by atoms with van der Waals surface area (Å²) in [4.78, 5) is 5.45. The first-order valence-electron chi connectivity index (χ1n) is 11.1. The van der Waals surface area contributed by atoms with Gasteiger partial charge in [-0.05, 0) is 60.9 Å². The second kappa shape index (κ2) is 12.0. The molecule has 1 aliphatic rings. The average molecular weight is 419 g/mol. The predicted molar refractivity (Wildman–Crippen MR) is 120 cm³/mol. The van der Waals surface area contributed by atoms with Gasteiger partial charge in [0, 0.05) is 56.7 Å². The summed E-state index contributed by atoms with van der Waals surface area (Å²) in [5.41, 5.74) is 1.07. The van der Waals surface area contributed by atoms with Crippen LogP contribution in [0.5, 0.6) is 0 Å². The molecule has 0 amide bonds. The number of hydrogen-bond acceptors (Lipinski definition) is 5. The van der Waals surface area contributed by atoms with Gasteiger partial charge in [0.05, 0.1) is 8.80 Å². The number of piperazine rings is 1. The van der Waals surface area contributed by atoms with Gasteiger partial charge >= 0.3 is 8.80 Å². The summed E-state index contributed by atoms with van der Waals surface area (Å²) < 4.78 is 18.0. The summed E-state index contributed by atoms with van der Waals surface area (Å²) in [5, 5.41) is 0. The van der Waals surface area contributed by atoms with Crippen molar-refractivity contribution in [1.29, 1.82) is 0 Å². The van der Waals surface area contributed by atoms with Crippen LogP contribution in [0.4, 0.5) is 0 Å². The van der Waals surface area contributed by atoms with Gasteiger partial charge < -0.3 is 18.2 Å². The number of nitrogens with zero attached hydrogens (tertiary/aromatic N) is 2. The minimum absolute atomic E-state index is 0.283. The second-order valence-electron chi connectivity index (χ2n) is 8.90. The van der Waals surface area contributed by atoms with E-state index in [4.69, 9.17) is 13.3 Å².